The third-order valence-corrected chi connectivity index (χ3v) is 4.42. The first kappa shape index (κ1) is 15.4. The van der Waals surface area contributed by atoms with Crippen LogP contribution in [-0.4, -0.2) is 27.8 Å². The van der Waals surface area contributed by atoms with E-state index in [1.54, 1.807) is 23.3 Å². The molecule has 0 fully saturated rings. The Labute approximate surface area is 138 Å². The van der Waals surface area contributed by atoms with Gasteiger partial charge in [-0.25, -0.2) is 9.97 Å². The molecule has 0 saturated heterocycles. The maximum atomic E-state index is 12.4. The Morgan fingerprint density at radius 1 is 1.30 bits per heavy atom. The Bertz CT molecular complexity index is 795. The first-order chi connectivity index (χ1) is 11.2. The summed E-state index contributed by atoms with van der Waals surface area (Å²) in [5.74, 6) is 0.468. The molecule has 0 aliphatic heterocycles. The van der Waals surface area contributed by atoms with Crippen molar-refractivity contribution in [3.8, 4) is 10.6 Å². The number of oxazole rings is 1. The zero-order valence-electron chi connectivity index (χ0n) is 13.0. The van der Waals surface area contributed by atoms with Crippen molar-refractivity contribution in [1.82, 2.24) is 14.9 Å². The summed E-state index contributed by atoms with van der Waals surface area (Å²) >= 11 is 1.58. The molecule has 3 rings (SSSR count). The van der Waals surface area contributed by atoms with Gasteiger partial charge in [-0.2, -0.15) is 0 Å². The van der Waals surface area contributed by atoms with Crippen LogP contribution in [0.15, 0.2) is 46.5 Å². The molecule has 0 spiro atoms. The summed E-state index contributed by atoms with van der Waals surface area (Å²) in [5.41, 5.74) is 2.34. The van der Waals surface area contributed by atoms with E-state index in [2.05, 4.69) is 9.97 Å². The number of aryl methyl sites for hydroxylation is 1. The molecule has 2 heterocycles. The van der Waals surface area contributed by atoms with E-state index in [1.165, 1.54) is 6.39 Å². The van der Waals surface area contributed by atoms with E-state index in [1.807, 2.05) is 42.6 Å². The summed E-state index contributed by atoms with van der Waals surface area (Å²) < 4.78 is 5.23. The van der Waals surface area contributed by atoms with Crippen LogP contribution in [0.4, 0.5) is 0 Å². The van der Waals surface area contributed by atoms with Crippen molar-refractivity contribution in [2.45, 2.75) is 19.9 Å². The second-order valence-electron chi connectivity index (χ2n) is 5.15. The van der Waals surface area contributed by atoms with E-state index < -0.39 is 0 Å². The molecular formula is C17H17N3O2S. The number of carbonyl (C=O) groups is 1. The quantitative estimate of drug-likeness (QED) is 0.718. The lowest BCUT2D eigenvalue weighted by atomic mass is 10.2. The van der Waals surface area contributed by atoms with Gasteiger partial charge < -0.3 is 9.32 Å². The highest BCUT2D eigenvalue weighted by Crippen LogP contribution is 2.24. The second kappa shape index (κ2) is 6.75. The summed E-state index contributed by atoms with van der Waals surface area (Å²) in [7, 11) is 1.75. The number of amides is 1. The Morgan fingerprint density at radius 2 is 2.09 bits per heavy atom. The Hall–Kier alpha value is -2.47. The van der Waals surface area contributed by atoms with Gasteiger partial charge in [0.05, 0.1) is 12.2 Å². The van der Waals surface area contributed by atoms with Gasteiger partial charge in [-0.1, -0.05) is 37.3 Å². The zero-order valence-corrected chi connectivity index (χ0v) is 13.8. The summed E-state index contributed by atoms with van der Waals surface area (Å²) in [5, 5.41) is 2.94. The van der Waals surface area contributed by atoms with Crippen LogP contribution >= 0.6 is 11.3 Å². The number of aromatic nitrogens is 2. The number of nitrogens with zero attached hydrogens (tertiary/aromatic N) is 3. The lowest BCUT2D eigenvalue weighted by Gasteiger charge is -2.14. The molecular weight excluding hydrogens is 310 g/mol. The van der Waals surface area contributed by atoms with Crippen LogP contribution in [0.25, 0.3) is 10.6 Å². The Balaban J connectivity index is 1.72. The van der Waals surface area contributed by atoms with E-state index in [4.69, 9.17) is 4.42 Å². The highest BCUT2D eigenvalue weighted by Gasteiger charge is 2.20. The molecule has 0 aliphatic carbocycles. The number of benzene rings is 1. The SMILES string of the molecule is CCc1ocnc1C(=O)N(C)Cc1csc(-c2ccccc2)n1. The van der Waals surface area contributed by atoms with Crippen LogP contribution in [0.1, 0.15) is 28.9 Å². The minimum absolute atomic E-state index is 0.148. The molecule has 0 atom stereocenters. The van der Waals surface area contributed by atoms with Gasteiger partial charge in [0.15, 0.2) is 12.1 Å². The standard InChI is InChI=1S/C17H17N3O2S/c1-3-14-15(18-11-22-14)17(21)20(2)9-13-10-23-16(19-13)12-7-5-4-6-8-12/h4-8,10-11H,3,9H2,1-2H3. The summed E-state index contributed by atoms with van der Waals surface area (Å²) in [4.78, 5) is 22.7. The molecule has 23 heavy (non-hydrogen) atoms. The lowest BCUT2D eigenvalue weighted by Crippen LogP contribution is -2.27. The van der Waals surface area contributed by atoms with Gasteiger partial charge in [0.25, 0.3) is 5.91 Å². The van der Waals surface area contributed by atoms with Crippen LogP contribution < -0.4 is 0 Å². The van der Waals surface area contributed by atoms with E-state index in [9.17, 15) is 4.79 Å². The molecule has 6 heteroatoms. The van der Waals surface area contributed by atoms with Gasteiger partial charge in [-0.15, -0.1) is 11.3 Å². The van der Waals surface area contributed by atoms with E-state index in [0.29, 0.717) is 24.4 Å². The van der Waals surface area contributed by atoms with Gasteiger partial charge in [0.2, 0.25) is 0 Å². The van der Waals surface area contributed by atoms with Crippen LogP contribution in [0.2, 0.25) is 0 Å². The minimum atomic E-state index is -0.148. The summed E-state index contributed by atoms with van der Waals surface area (Å²) in [6, 6.07) is 10.0. The lowest BCUT2D eigenvalue weighted by molar-refractivity contribution is 0.0776. The van der Waals surface area contributed by atoms with Crippen molar-refractivity contribution in [1.29, 1.82) is 0 Å². The molecule has 1 aromatic carbocycles. The van der Waals surface area contributed by atoms with Gasteiger partial charge in [-0.3, -0.25) is 4.79 Å². The molecule has 0 radical (unpaired) electrons. The summed E-state index contributed by atoms with van der Waals surface area (Å²) in [6.45, 7) is 2.38. The second-order valence-corrected chi connectivity index (χ2v) is 6.01. The highest BCUT2D eigenvalue weighted by atomic mass is 32.1. The van der Waals surface area contributed by atoms with Crippen LogP contribution in [0, 0.1) is 0 Å². The zero-order chi connectivity index (χ0) is 16.2. The fraction of sp³-hybridized carbons (Fsp3) is 0.235. The number of thiazole rings is 1. The number of hydrogen-bond acceptors (Lipinski definition) is 5. The highest BCUT2D eigenvalue weighted by molar-refractivity contribution is 7.13. The fourth-order valence-corrected chi connectivity index (χ4v) is 3.10. The van der Waals surface area contributed by atoms with Gasteiger partial charge in [-0.05, 0) is 0 Å². The Kier molecular flexibility index (Phi) is 4.52. The van der Waals surface area contributed by atoms with E-state index >= 15 is 0 Å². The first-order valence-corrected chi connectivity index (χ1v) is 8.24. The average Bonchev–Trinajstić information content (AvgIpc) is 3.23. The topological polar surface area (TPSA) is 59.2 Å². The maximum Gasteiger partial charge on any atom is 0.276 e. The average molecular weight is 327 g/mol. The van der Waals surface area contributed by atoms with Crippen molar-refractivity contribution >= 4 is 17.2 Å². The Morgan fingerprint density at radius 3 is 2.83 bits per heavy atom. The predicted octanol–water partition coefficient (Wildman–Crippen LogP) is 3.63. The molecule has 0 aliphatic rings. The van der Waals surface area contributed by atoms with Crippen LogP contribution in [0.5, 0.6) is 0 Å². The molecule has 2 aromatic heterocycles. The fourth-order valence-electron chi connectivity index (χ4n) is 2.28. The first-order valence-electron chi connectivity index (χ1n) is 7.36. The van der Waals surface area contributed by atoms with Crippen molar-refractivity contribution in [3.63, 3.8) is 0 Å². The number of hydrogen-bond donors (Lipinski definition) is 0. The number of rotatable bonds is 5. The third-order valence-electron chi connectivity index (χ3n) is 3.48. The van der Waals surface area contributed by atoms with Crippen molar-refractivity contribution in [2.24, 2.45) is 0 Å². The van der Waals surface area contributed by atoms with Crippen LogP contribution in [-0.2, 0) is 13.0 Å². The molecule has 0 bridgehead atoms. The van der Waals surface area contributed by atoms with Gasteiger partial charge in [0.1, 0.15) is 10.8 Å². The molecule has 5 nitrogen and oxygen atoms in total. The normalized spacial score (nSPS) is 10.7. The monoisotopic (exact) mass is 327 g/mol. The van der Waals surface area contributed by atoms with Gasteiger partial charge >= 0.3 is 0 Å². The molecule has 0 saturated carbocycles. The van der Waals surface area contributed by atoms with E-state index in [-0.39, 0.29) is 5.91 Å². The smallest absolute Gasteiger partial charge is 0.276 e. The molecule has 118 valence electrons. The van der Waals surface area contributed by atoms with Gasteiger partial charge in [0, 0.05) is 24.4 Å². The predicted molar refractivity (Wildman–Crippen MR) is 89.2 cm³/mol. The molecule has 0 unspecified atom stereocenters. The number of carbonyl (C=O) groups excluding carboxylic acids is 1. The minimum Gasteiger partial charge on any atom is -0.448 e. The summed E-state index contributed by atoms with van der Waals surface area (Å²) in [6.07, 6.45) is 1.96. The largest absolute Gasteiger partial charge is 0.448 e. The molecule has 1 amide bonds. The van der Waals surface area contributed by atoms with Crippen molar-refractivity contribution < 1.29 is 9.21 Å². The third kappa shape index (κ3) is 3.32. The van der Waals surface area contributed by atoms with Crippen molar-refractivity contribution in [3.05, 3.63) is 59.3 Å². The van der Waals surface area contributed by atoms with E-state index in [0.717, 1.165) is 16.3 Å². The maximum absolute atomic E-state index is 12.4. The van der Waals surface area contributed by atoms with Crippen molar-refractivity contribution in [2.75, 3.05) is 7.05 Å². The van der Waals surface area contributed by atoms with Crippen LogP contribution in [0.3, 0.4) is 0 Å². The molecule has 3 aromatic rings. The molecule has 0 N–H and O–H groups in total.